The van der Waals surface area contributed by atoms with Crippen LogP contribution in [0.5, 0.6) is 5.75 Å². The quantitative estimate of drug-likeness (QED) is 0.626. The largest absolute Gasteiger partial charge is 0.497 e. The van der Waals surface area contributed by atoms with Gasteiger partial charge in [0.1, 0.15) is 5.75 Å². The Morgan fingerprint density at radius 3 is 2.63 bits per heavy atom. The van der Waals surface area contributed by atoms with E-state index in [4.69, 9.17) is 4.74 Å². The van der Waals surface area contributed by atoms with E-state index < -0.39 is 0 Å². The molecule has 0 radical (unpaired) electrons. The van der Waals surface area contributed by atoms with E-state index in [2.05, 4.69) is 11.4 Å². The van der Waals surface area contributed by atoms with Crippen LogP contribution in [-0.4, -0.2) is 24.8 Å². The number of anilines is 2. The van der Waals surface area contributed by atoms with Crippen LogP contribution < -0.4 is 15.0 Å². The summed E-state index contributed by atoms with van der Waals surface area (Å²) in [7, 11) is 1.56. The number of amides is 3. The number of imide groups is 1. The Labute approximate surface area is 174 Å². The number of ether oxygens (including phenoxy) is 1. The maximum absolute atomic E-state index is 13.3. The van der Waals surface area contributed by atoms with Gasteiger partial charge in [0.15, 0.2) is 0 Å². The van der Waals surface area contributed by atoms with Crippen molar-refractivity contribution < 1.29 is 19.1 Å². The summed E-state index contributed by atoms with van der Waals surface area (Å²) < 4.78 is 5.20. The number of hydrogen-bond acceptors (Lipinski definition) is 4. The molecular weight excluding hydrogens is 380 g/mol. The van der Waals surface area contributed by atoms with Gasteiger partial charge in [-0.15, -0.1) is 0 Å². The number of carbonyl (C=O) groups excluding carboxylic acids is 3. The second kappa shape index (κ2) is 6.83. The van der Waals surface area contributed by atoms with Gasteiger partial charge in [-0.25, -0.2) is 4.90 Å². The molecule has 6 nitrogen and oxygen atoms in total. The van der Waals surface area contributed by atoms with Crippen molar-refractivity contribution in [1.82, 2.24) is 0 Å². The molecule has 5 rings (SSSR count). The van der Waals surface area contributed by atoms with E-state index in [0.717, 1.165) is 6.42 Å². The summed E-state index contributed by atoms with van der Waals surface area (Å²) in [5.41, 5.74) is 2.41. The SMILES string of the molecule is COc1cccc(NC(=O)c2ccccc2N2C(=O)[C@H]3[C@H](C2=O)[C@H]2C[C@H]3C=C2C)c1. The van der Waals surface area contributed by atoms with E-state index >= 15 is 0 Å². The number of nitrogens with one attached hydrogen (secondary N) is 1. The summed E-state index contributed by atoms with van der Waals surface area (Å²) in [6.45, 7) is 2.04. The molecule has 2 fully saturated rings. The highest BCUT2D eigenvalue weighted by atomic mass is 16.5. The van der Waals surface area contributed by atoms with Crippen molar-refractivity contribution in [3.8, 4) is 5.75 Å². The second-order valence-electron chi connectivity index (χ2n) is 8.18. The molecule has 2 bridgehead atoms. The van der Waals surface area contributed by atoms with E-state index in [1.807, 2.05) is 6.92 Å². The molecule has 152 valence electrons. The van der Waals surface area contributed by atoms with E-state index in [-0.39, 0.29) is 41.4 Å². The van der Waals surface area contributed by atoms with Gasteiger partial charge in [0, 0.05) is 11.8 Å². The van der Waals surface area contributed by atoms with Gasteiger partial charge in [0.25, 0.3) is 5.91 Å². The summed E-state index contributed by atoms with van der Waals surface area (Å²) in [6.07, 6.45) is 3.02. The smallest absolute Gasteiger partial charge is 0.257 e. The van der Waals surface area contributed by atoms with Crippen molar-refractivity contribution in [1.29, 1.82) is 0 Å². The number of hydrogen-bond donors (Lipinski definition) is 1. The van der Waals surface area contributed by atoms with Crippen molar-refractivity contribution in [3.05, 3.63) is 65.7 Å². The van der Waals surface area contributed by atoms with E-state index in [1.54, 1.807) is 55.6 Å². The van der Waals surface area contributed by atoms with Crippen LogP contribution in [0.2, 0.25) is 0 Å². The van der Waals surface area contributed by atoms with Crippen molar-refractivity contribution in [2.45, 2.75) is 13.3 Å². The summed E-state index contributed by atoms with van der Waals surface area (Å²) in [4.78, 5) is 40.8. The minimum absolute atomic E-state index is 0.124. The molecule has 0 spiro atoms. The summed E-state index contributed by atoms with van der Waals surface area (Å²) in [5, 5.41) is 2.84. The van der Waals surface area contributed by atoms with Gasteiger partial charge in [0.2, 0.25) is 11.8 Å². The average Bonchev–Trinajstić information content (AvgIpc) is 3.38. The number of rotatable bonds is 4. The van der Waals surface area contributed by atoms with Crippen molar-refractivity contribution in [2.24, 2.45) is 23.7 Å². The minimum Gasteiger partial charge on any atom is -0.497 e. The highest BCUT2D eigenvalue weighted by Crippen LogP contribution is 2.56. The molecule has 2 aromatic carbocycles. The number of para-hydroxylation sites is 1. The number of nitrogens with zero attached hydrogens (tertiary/aromatic N) is 1. The average molecular weight is 402 g/mol. The lowest BCUT2D eigenvalue weighted by Gasteiger charge is -2.20. The Morgan fingerprint density at radius 1 is 1.07 bits per heavy atom. The fourth-order valence-corrected chi connectivity index (χ4v) is 5.27. The maximum atomic E-state index is 13.3. The Balaban J connectivity index is 1.46. The molecule has 2 aromatic rings. The van der Waals surface area contributed by atoms with Crippen molar-refractivity contribution in [3.63, 3.8) is 0 Å². The van der Waals surface area contributed by atoms with E-state index in [0.29, 0.717) is 22.7 Å². The highest BCUT2D eigenvalue weighted by molar-refractivity contribution is 6.25. The lowest BCUT2D eigenvalue weighted by Crippen LogP contribution is -2.34. The van der Waals surface area contributed by atoms with Crippen LogP contribution in [0.1, 0.15) is 23.7 Å². The van der Waals surface area contributed by atoms with Gasteiger partial charge in [-0.05, 0) is 49.4 Å². The van der Waals surface area contributed by atoms with Crippen LogP contribution in [0.3, 0.4) is 0 Å². The summed E-state index contributed by atoms with van der Waals surface area (Å²) >= 11 is 0. The zero-order chi connectivity index (χ0) is 21.0. The molecule has 3 amide bonds. The molecule has 2 aliphatic carbocycles. The second-order valence-corrected chi connectivity index (χ2v) is 8.18. The number of fused-ring (bicyclic) bond motifs is 5. The maximum Gasteiger partial charge on any atom is 0.257 e. The molecule has 4 atom stereocenters. The van der Waals surface area contributed by atoms with Gasteiger partial charge in [-0.1, -0.05) is 29.8 Å². The van der Waals surface area contributed by atoms with Crippen molar-refractivity contribution in [2.75, 3.05) is 17.3 Å². The molecule has 1 aliphatic heterocycles. The molecule has 30 heavy (non-hydrogen) atoms. The summed E-state index contributed by atoms with van der Waals surface area (Å²) in [6, 6.07) is 13.8. The van der Waals surface area contributed by atoms with Crippen LogP contribution >= 0.6 is 0 Å². The molecule has 6 heteroatoms. The first-order valence-electron chi connectivity index (χ1n) is 10.1. The topological polar surface area (TPSA) is 75.7 Å². The monoisotopic (exact) mass is 402 g/mol. The molecule has 1 N–H and O–H groups in total. The van der Waals surface area contributed by atoms with Crippen LogP contribution in [0.4, 0.5) is 11.4 Å². The predicted molar refractivity (Wildman–Crippen MR) is 112 cm³/mol. The number of allylic oxidation sites excluding steroid dienone is 2. The number of benzene rings is 2. The molecular formula is C24H22N2O4. The normalized spacial score (nSPS) is 26.6. The molecule has 1 saturated heterocycles. The third-order valence-corrected chi connectivity index (χ3v) is 6.60. The van der Waals surface area contributed by atoms with Crippen LogP contribution in [0, 0.1) is 23.7 Å². The molecule has 0 unspecified atom stereocenters. The first-order chi connectivity index (χ1) is 14.5. The highest BCUT2D eigenvalue weighted by Gasteiger charge is 2.61. The Hall–Kier alpha value is -3.41. The standard InChI is InChI=1S/C24H22N2O4/c1-13-10-14-11-18(13)21-20(14)23(28)26(24(21)29)19-9-4-3-8-17(19)22(27)25-15-6-5-7-16(12-15)30-2/h3-10,12,14,18,20-21H,11H2,1-2H3,(H,25,27)/t14-,18+,20-,21-/m1/s1. The fraction of sp³-hybridized carbons (Fsp3) is 0.292. The van der Waals surface area contributed by atoms with Crippen LogP contribution in [0.15, 0.2) is 60.2 Å². The Kier molecular flexibility index (Phi) is 4.24. The Morgan fingerprint density at radius 2 is 1.83 bits per heavy atom. The fourth-order valence-electron chi connectivity index (χ4n) is 5.27. The number of carbonyl (C=O) groups is 3. The van der Waals surface area contributed by atoms with Crippen LogP contribution in [0.25, 0.3) is 0 Å². The zero-order valence-electron chi connectivity index (χ0n) is 16.8. The minimum atomic E-state index is -0.381. The predicted octanol–water partition coefficient (Wildman–Crippen LogP) is 3.65. The van der Waals surface area contributed by atoms with E-state index in [9.17, 15) is 14.4 Å². The molecule has 1 saturated carbocycles. The van der Waals surface area contributed by atoms with Crippen molar-refractivity contribution >= 4 is 29.1 Å². The van der Waals surface area contributed by atoms with Gasteiger partial charge in [-0.3, -0.25) is 14.4 Å². The lowest BCUT2D eigenvalue weighted by atomic mass is 9.82. The zero-order valence-corrected chi connectivity index (χ0v) is 16.8. The summed E-state index contributed by atoms with van der Waals surface area (Å²) in [5.74, 6) is -0.485. The van der Waals surface area contributed by atoms with Gasteiger partial charge in [-0.2, -0.15) is 0 Å². The Bertz CT molecular complexity index is 1110. The van der Waals surface area contributed by atoms with Gasteiger partial charge in [0.05, 0.1) is 30.2 Å². The van der Waals surface area contributed by atoms with Gasteiger partial charge < -0.3 is 10.1 Å². The third-order valence-electron chi connectivity index (χ3n) is 6.60. The van der Waals surface area contributed by atoms with Gasteiger partial charge >= 0.3 is 0 Å². The lowest BCUT2D eigenvalue weighted by molar-refractivity contribution is -0.123. The molecule has 1 heterocycles. The first kappa shape index (κ1) is 18.6. The van der Waals surface area contributed by atoms with Crippen LogP contribution in [-0.2, 0) is 9.59 Å². The van der Waals surface area contributed by atoms with E-state index in [1.165, 1.54) is 10.5 Å². The number of methoxy groups -OCH3 is 1. The molecule has 3 aliphatic rings. The molecule has 0 aromatic heterocycles. The first-order valence-corrected chi connectivity index (χ1v) is 10.1. The third kappa shape index (κ3) is 2.67.